The summed E-state index contributed by atoms with van der Waals surface area (Å²) in [5, 5.41) is 3.34. The zero-order valence-corrected chi connectivity index (χ0v) is 15.1. The molecule has 134 valence electrons. The van der Waals surface area contributed by atoms with Crippen molar-refractivity contribution < 1.29 is 13.9 Å². The summed E-state index contributed by atoms with van der Waals surface area (Å²) in [4.78, 5) is 22.5. The van der Waals surface area contributed by atoms with Gasteiger partial charge in [0, 0.05) is 43.2 Å². The number of hydrogen-bond donors (Lipinski definition) is 1. The molecule has 0 radical (unpaired) electrons. The molecule has 1 fully saturated rings. The van der Waals surface area contributed by atoms with E-state index in [1.54, 1.807) is 12.1 Å². The number of carbonyl (C=O) groups is 1. The van der Waals surface area contributed by atoms with Gasteiger partial charge in [0.1, 0.15) is 6.10 Å². The predicted molar refractivity (Wildman–Crippen MR) is 94.1 cm³/mol. The van der Waals surface area contributed by atoms with E-state index in [4.69, 9.17) is 4.74 Å². The van der Waals surface area contributed by atoms with Gasteiger partial charge >= 0.3 is 0 Å². The molecule has 3 rings (SSSR count). The molecule has 0 aliphatic carbocycles. The van der Waals surface area contributed by atoms with Crippen LogP contribution in [0.2, 0.25) is 0 Å². The number of piperidine rings is 1. The molecule has 0 bridgehead atoms. The molecule has 2 aromatic heterocycles. The lowest BCUT2D eigenvalue weighted by atomic mass is 10.0. The van der Waals surface area contributed by atoms with Crippen LogP contribution in [0.15, 0.2) is 24.4 Å². The van der Waals surface area contributed by atoms with Crippen molar-refractivity contribution in [1.29, 1.82) is 0 Å². The van der Waals surface area contributed by atoms with Crippen LogP contribution in [0, 0.1) is 5.95 Å². The van der Waals surface area contributed by atoms with Crippen LogP contribution in [0.3, 0.4) is 0 Å². The van der Waals surface area contributed by atoms with Crippen molar-refractivity contribution >= 4 is 22.4 Å². The third-order valence-corrected chi connectivity index (χ3v) is 5.04. The first-order valence-corrected chi connectivity index (χ1v) is 9.07. The van der Waals surface area contributed by atoms with Gasteiger partial charge in [-0.05, 0) is 25.8 Å². The Morgan fingerprint density at radius 2 is 2.36 bits per heavy atom. The Labute approximate surface area is 150 Å². The third-order valence-electron chi connectivity index (χ3n) is 4.14. The molecule has 0 unspecified atom stereocenters. The fourth-order valence-corrected chi connectivity index (χ4v) is 3.82. The quantitative estimate of drug-likeness (QED) is 0.826. The first-order chi connectivity index (χ1) is 12.0. The fraction of sp³-hybridized carbons (Fsp3) is 0.471. The van der Waals surface area contributed by atoms with E-state index in [0.717, 1.165) is 30.8 Å². The molecule has 1 N–H and O–H groups in total. The number of pyridine rings is 1. The standard InChI is InChI=1S/C17H21FN4O2S/c1-11-8-13(24-16-5-3-4-15(18)21-16)6-7-22(11)10-14-9-19-17(25-14)20-12(2)23/h3-5,9,11,13H,6-8,10H2,1-2H3,(H,19,20,23)/t11-,13-/m0/s1. The van der Waals surface area contributed by atoms with Gasteiger partial charge in [-0.25, -0.2) is 4.98 Å². The number of rotatable bonds is 5. The summed E-state index contributed by atoms with van der Waals surface area (Å²) in [5.41, 5.74) is 0. The SMILES string of the molecule is CC(=O)Nc1ncc(CN2CC[C@H](Oc3cccc(F)n3)C[C@@H]2C)s1. The molecule has 3 heterocycles. The van der Waals surface area contributed by atoms with Crippen LogP contribution in [0.25, 0.3) is 0 Å². The number of aromatic nitrogens is 2. The lowest BCUT2D eigenvalue weighted by Crippen LogP contribution is -2.43. The van der Waals surface area contributed by atoms with Gasteiger partial charge in [0.25, 0.3) is 0 Å². The normalized spacial score (nSPS) is 21.1. The lowest BCUT2D eigenvalue weighted by Gasteiger charge is -2.37. The van der Waals surface area contributed by atoms with Crippen LogP contribution >= 0.6 is 11.3 Å². The second kappa shape index (κ2) is 7.88. The summed E-state index contributed by atoms with van der Waals surface area (Å²) < 4.78 is 19.0. The van der Waals surface area contributed by atoms with Crippen molar-refractivity contribution in [3.8, 4) is 5.88 Å². The number of halogens is 1. The van der Waals surface area contributed by atoms with Crippen molar-refractivity contribution in [2.75, 3.05) is 11.9 Å². The van der Waals surface area contributed by atoms with Crippen LogP contribution < -0.4 is 10.1 Å². The average molecular weight is 364 g/mol. The highest BCUT2D eigenvalue weighted by Crippen LogP contribution is 2.26. The van der Waals surface area contributed by atoms with E-state index < -0.39 is 5.95 Å². The topological polar surface area (TPSA) is 67.4 Å². The summed E-state index contributed by atoms with van der Waals surface area (Å²) in [6.45, 7) is 5.31. The van der Waals surface area contributed by atoms with Gasteiger partial charge in [-0.15, -0.1) is 11.3 Å². The summed E-state index contributed by atoms with van der Waals surface area (Å²) in [6, 6.07) is 4.93. The number of anilines is 1. The van der Waals surface area contributed by atoms with Crippen molar-refractivity contribution in [2.24, 2.45) is 0 Å². The molecule has 1 aliphatic rings. The zero-order chi connectivity index (χ0) is 17.8. The maximum atomic E-state index is 13.2. The third kappa shape index (κ3) is 4.96. The molecular weight excluding hydrogens is 343 g/mol. The second-order valence-corrected chi connectivity index (χ2v) is 7.31. The van der Waals surface area contributed by atoms with Gasteiger partial charge in [0.05, 0.1) is 0 Å². The second-order valence-electron chi connectivity index (χ2n) is 6.20. The minimum Gasteiger partial charge on any atom is -0.474 e. The number of likely N-dealkylation sites (tertiary alicyclic amines) is 1. The zero-order valence-electron chi connectivity index (χ0n) is 14.2. The fourth-order valence-electron chi connectivity index (χ4n) is 2.93. The number of carbonyl (C=O) groups excluding carboxylic acids is 1. The molecule has 0 spiro atoms. The first kappa shape index (κ1) is 17.8. The maximum Gasteiger partial charge on any atom is 0.223 e. The van der Waals surface area contributed by atoms with Gasteiger partial charge < -0.3 is 10.1 Å². The van der Waals surface area contributed by atoms with Gasteiger partial charge in [0.15, 0.2) is 5.13 Å². The van der Waals surface area contributed by atoms with E-state index in [0.29, 0.717) is 17.1 Å². The molecule has 1 saturated heterocycles. The number of thiazole rings is 1. The Bertz CT molecular complexity index is 739. The lowest BCUT2D eigenvalue weighted by molar-refractivity contribution is -0.114. The molecular formula is C17H21FN4O2S. The van der Waals surface area contributed by atoms with E-state index >= 15 is 0 Å². The van der Waals surface area contributed by atoms with Crippen LogP contribution in [0.1, 0.15) is 31.6 Å². The highest BCUT2D eigenvalue weighted by atomic mass is 32.1. The van der Waals surface area contributed by atoms with Crippen molar-refractivity contribution in [2.45, 2.75) is 45.4 Å². The van der Waals surface area contributed by atoms with E-state index in [9.17, 15) is 9.18 Å². The van der Waals surface area contributed by atoms with Crippen molar-refractivity contribution in [1.82, 2.24) is 14.9 Å². The summed E-state index contributed by atoms with van der Waals surface area (Å²) >= 11 is 1.49. The summed E-state index contributed by atoms with van der Waals surface area (Å²) in [5.74, 6) is -0.297. The molecule has 0 aromatic carbocycles. The molecule has 0 saturated carbocycles. The molecule has 25 heavy (non-hydrogen) atoms. The number of amides is 1. The van der Waals surface area contributed by atoms with Gasteiger partial charge in [-0.1, -0.05) is 6.07 Å². The minimum atomic E-state index is -0.525. The Morgan fingerprint density at radius 1 is 1.52 bits per heavy atom. The van der Waals surface area contributed by atoms with Gasteiger partial charge in [0.2, 0.25) is 17.7 Å². The molecule has 1 amide bonds. The Balaban J connectivity index is 1.53. The first-order valence-electron chi connectivity index (χ1n) is 8.25. The number of hydrogen-bond acceptors (Lipinski definition) is 6. The number of ether oxygens (including phenoxy) is 1. The van der Waals surface area contributed by atoms with Crippen molar-refractivity contribution in [3.05, 3.63) is 35.2 Å². The molecule has 2 aromatic rings. The smallest absolute Gasteiger partial charge is 0.223 e. The summed E-state index contributed by atoms with van der Waals surface area (Å²) in [6.07, 6.45) is 3.56. The largest absolute Gasteiger partial charge is 0.474 e. The average Bonchev–Trinajstić information content (AvgIpc) is 2.96. The molecule has 1 aliphatic heterocycles. The van der Waals surface area contributed by atoms with Gasteiger partial charge in [-0.3, -0.25) is 9.69 Å². The van der Waals surface area contributed by atoms with Crippen LogP contribution in [0.5, 0.6) is 5.88 Å². The highest BCUT2D eigenvalue weighted by molar-refractivity contribution is 7.15. The maximum absolute atomic E-state index is 13.2. The summed E-state index contributed by atoms with van der Waals surface area (Å²) in [7, 11) is 0. The minimum absolute atomic E-state index is 0.0388. The molecule has 6 nitrogen and oxygen atoms in total. The Morgan fingerprint density at radius 3 is 3.08 bits per heavy atom. The van der Waals surface area contributed by atoms with Crippen LogP contribution in [-0.2, 0) is 11.3 Å². The van der Waals surface area contributed by atoms with E-state index in [-0.39, 0.29) is 12.0 Å². The van der Waals surface area contributed by atoms with E-state index in [1.165, 1.54) is 24.3 Å². The number of nitrogens with one attached hydrogen (secondary N) is 1. The predicted octanol–water partition coefficient (Wildman–Crippen LogP) is 3.07. The molecule has 8 heteroatoms. The van der Waals surface area contributed by atoms with Crippen LogP contribution in [0.4, 0.5) is 9.52 Å². The van der Waals surface area contributed by atoms with E-state index in [2.05, 4.69) is 27.1 Å². The van der Waals surface area contributed by atoms with Crippen LogP contribution in [-0.4, -0.2) is 39.5 Å². The monoisotopic (exact) mass is 364 g/mol. The Hall–Kier alpha value is -2.06. The Kier molecular flexibility index (Phi) is 5.60. The number of nitrogens with zero attached hydrogens (tertiary/aromatic N) is 3. The van der Waals surface area contributed by atoms with E-state index in [1.807, 2.05) is 6.20 Å². The van der Waals surface area contributed by atoms with Gasteiger partial charge in [-0.2, -0.15) is 9.37 Å². The van der Waals surface area contributed by atoms with Crippen molar-refractivity contribution in [3.63, 3.8) is 0 Å². The molecule has 2 atom stereocenters. The highest BCUT2D eigenvalue weighted by Gasteiger charge is 2.27.